The quantitative estimate of drug-likeness (QED) is 0.515. The van der Waals surface area contributed by atoms with E-state index in [2.05, 4.69) is 19.1 Å². The molecule has 1 aliphatic heterocycles. The Hall–Kier alpha value is -2.31. The van der Waals surface area contributed by atoms with Crippen molar-refractivity contribution in [1.29, 1.82) is 0 Å². The summed E-state index contributed by atoms with van der Waals surface area (Å²) in [5, 5.41) is 0. The van der Waals surface area contributed by atoms with E-state index >= 15 is 0 Å². The van der Waals surface area contributed by atoms with Crippen molar-refractivity contribution in [2.45, 2.75) is 20.5 Å². The first-order valence-electron chi connectivity index (χ1n) is 8.65. The Morgan fingerprint density at radius 2 is 1.93 bits per heavy atom. The van der Waals surface area contributed by atoms with E-state index in [-0.39, 0.29) is 5.91 Å². The van der Waals surface area contributed by atoms with Gasteiger partial charge in [0.05, 0.1) is 11.5 Å². The zero-order valence-corrected chi connectivity index (χ0v) is 17.2. The van der Waals surface area contributed by atoms with Gasteiger partial charge in [-0.25, -0.2) is 0 Å². The summed E-state index contributed by atoms with van der Waals surface area (Å²) in [6.07, 6.45) is 1.83. The number of carbonyl (C=O) groups is 1. The summed E-state index contributed by atoms with van der Waals surface area (Å²) >= 11 is 6.48. The van der Waals surface area contributed by atoms with Crippen LogP contribution in [0.4, 0.5) is 0 Å². The molecule has 3 rings (SSSR count). The molecule has 1 aliphatic rings. The molecular formula is C21H21NO3S2. The lowest BCUT2D eigenvalue weighted by Crippen LogP contribution is -2.22. The normalized spacial score (nSPS) is 15.5. The van der Waals surface area contributed by atoms with Gasteiger partial charge in [-0.1, -0.05) is 54.3 Å². The number of carbonyl (C=O) groups excluding carboxylic acids is 1. The molecule has 0 atom stereocenters. The fourth-order valence-electron chi connectivity index (χ4n) is 2.63. The number of amides is 1. The SMILES string of the molecule is CCOc1cc(C=C2SC(=S)N(C)C2=O)ccc1OCc1ccccc1C. The van der Waals surface area contributed by atoms with E-state index in [1.165, 1.54) is 22.2 Å². The van der Waals surface area contributed by atoms with Gasteiger partial charge in [0, 0.05) is 7.05 Å². The molecule has 2 aromatic rings. The van der Waals surface area contributed by atoms with Crippen LogP contribution in [-0.2, 0) is 11.4 Å². The van der Waals surface area contributed by atoms with E-state index in [9.17, 15) is 4.79 Å². The lowest BCUT2D eigenvalue weighted by molar-refractivity contribution is -0.121. The number of thiocarbonyl (C=S) groups is 1. The van der Waals surface area contributed by atoms with Crippen molar-refractivity contribution < 1.29 is 14.3 Å². The Labute approximate surface area is 169 Å². The second-order valence-corrected chi connectivity index (χ2v) is 7.77. The van der Waals surface area contributed by atoms with Gasteiger partial charge in [0.15, 0.2) is 11.5 Å². The van der Waals surface area contributed by atoms with Gasteiger partial charge in [-0.15, -0.1) is 0 Å². The van der Waals surface area contributed by atoms with E-state index in [4.69, 9.17) is 21.7 Å². The minimum atomic E-state index is -0.0807. The summed E-state index contributed by atoms with van der Waals surface area (Å²) in [4.78, 5) is 14.3. The van der Waals surface area contributed by atoms with Crippen LogP contribution >= 0.6 is 24.0 Å². The van der Waals surface area contributed by atoms with Crippen molar-refractivity contribution in [2.75, 3.05) is 13.7 Å². The fourth-order valence-corrected chi connectivity index (χ4v) is 3.81. The average Bonchev–Trinajstić information content (AvgIpc) is 2.89. The van der Waals surface area contributed by atoms with E-state index in [1.807, 2.05) is 43.3 Å². The molecule has 0 aliphatic carbocycles. The van der Waals surface area contributed by atoms with Crippen LogP contribution in [0.5, 0.6) is 11.5 Å². The largest absolute Gasteiger partial charge is 0.490 e. The molecular weight excluding hydrogens is 378 g/mol. The van der Waals surface area contributed by atoms with Gasteiger partial charge in [0.25, 0.3) is 5.91 Å². The number of aryl methyl sites for hydroxylation is 1. The van der Waals surface area contributed by atoms with Crippen molar-refractivity contribution in [2.24, 2.45) is 0 Å². The number of nitrogens with zero attached hydrogens (tertiary/aromatic N) is 1. The molecule has 0 unspecified atom stereocenters. The summed E-state index contributed by atoms with van der Waals surface area (Å²) in [6.45, 7) is 5.00. The molecule has 6 heteroatoms. The van der Waals surface area contributed by atoms with Gasteiger partial charge >= 0.3 is 0 Å². The minimum absolute atomic E-state index is 0.0807. The third-order valence-electron chi connectivity index (χ3n) is 4.20. The number of thioether (sulfide) groups is 1. The second kappa shape index (κ2) is 8.59. The minimum Gasteiger partial charge on any atom is -0.490 e. The number of hydrogen-bond donors (Lipinski definition) is 0. The Balaban J connectivity index is 1.81. The average molecular weight is 400 g/mol. The van der Waals surface area contributed by atoms with Gasteiger partial charge in [-0.2, -0.15) is 0 Å². The molecule has 1 heterocycles. The zero-order valence-electron chi connectivity index (χ0n) is 15.5. The highest BCUT2D eigenvalue weighted by Crippen LogP contribution is 2.34. The Morgan fingerprint density at radius 3 is 2.59 bits per heavy atom. The van der Waals surface area contributed by atoms with Gasteiger partial charge in [0.1, 0.15) is 10.9 Å². The van der Waals surface area contributed by atoms with Crippen LogP contribution in [0.1, 0.15) is 23.6 Å². The first kappa shape index (κ1) is 19.5. The van der Waals surface area contributed by atoms with Gasteiger partial charge in [-0.05, 0) is 48.7 Å². The summed E-state index contributed by atoms with van der Waals surface area (Å²) in [7, 11) is 1.69. The zero-order chi connectivity index (χ0) is 19.4. The molecule has 4 nitrogen and oxygen atoms in total. The van der Waals surface area contributed by atoms with Gasteiger partial charge in [-0.3, -0.25) is 9.69 Å². The predicted octanol–water partition coefficient (Wildman–Crippen LogP) is 4.80. The monoisotopic (exact) mass is 399 g/mol. The van der Waals surface area contributed by atoms with Crippen LogP contribution in [0.15, 0.2) is 47.4 Å². The molecule has 1 amide bonds. The molecule has 2 aromatic carbocycles. The lowest BCUT2D eigenvalue weighted by atomic mass is 10.1. The summed E-state index contributed by atoms with van der Waals surface area (Å²) < 4.78 is 12.3. The molecule has 0 aromatic heterocycles. The molecule has 140 valence electrons. The topological polar surface area (TPSA) is 38.8 Å². The fraction of sp³-hybridized carbons (Fsp3) is 0.238. The Kier molecular flexibility index (Phi) is 6.19. The summed E-state index contributed by atoms with van der Waals surface area (Å²) in [5.41, 5.74) is 3.19. The number of hydrogen-bond acceptors (Lipinski definition) is 5. The highest BCUT2D eigenvalue weighted by molar-refractivity contribution is 8.26. The number of likely N-dealkylation sites (N-methyl/N-ethyl adjacent to an activating group) is 1. The molecule has 27 heavy (non-hydrogen) atoms. The lowest BCUT2D eigenvalue weighted by Gasteiger charge is -2.14. The summed E-state index contributed by atoms with van der Waals surface area (Å²) in [6, 6.07) is 13.8. The van der Waals surface area contributed by atoms with Crippen LogP contribution in [0.2, 0.25) is 0 Å². The highest BCUT2D eigenvalue weighted by Gasteiger charge is 2.28. The van der Waals surface area contributed by atoms with Crippen LogP contribution in [0.25, 0.3) is 6.08 Å². The van der Waals surface area contributed by atoms with Crippen LogP contribution in [0, 0.1) is 6.92 Å². The molecule has 1 saturated heterocycles. The van der Waals surface area contributed by atoms with Crippen LogP contribution in [0.3, 0.4) is 0 Å². The predicted molar refractivity (Wildman–Crippen MR) is 114 cm³/mol. The van der Waals surface area contributed by atoms with E-state index in [1.54, 1.807) is 7.05 Å². The number of rotatable bonds is 6. The molecule has 0 saturated carbocycles. The molecule has 0 spiro atoms. The maximum atomic E-state index is 12.2. The molecule has 1 fully saturated rings. The first-order valence-corrected chi connectivity index (χ1v) is 9.87. The third kappa shape index (κ3) is 4.51. The number of ether oxygens (including phenoxy) is 2. The Bertz CT molecular complexity index is 908. The van der Waals surface area contributed by atoms with E-state index in [0.29, 0.717) is 33.9 Å². The van der Waals surface area contributed by atoms with Gasteiger partial charge in [0.2, 0.25) is 0 Å². The first-order chi connectivity index (χ1) is 13.0. The summed E-state index contributed by atoms with van der Waals surface area (Å²) in [5.74, 6) is 1.26. The maximum absolute atomic E-state index is 12.2. The maximum Gasteiger partial charge on any atom is 0.265 e. The second-order valence-electron chi connectivity index (χ2n) is 6.10. The smallest absolute Gasteiger partial charge is 0.265 e. The molecule has 0 bridgehead atoms. The van der Waals surface area contributed by atoms with Gasteiger partial charge < -0.3 is 9.47 Å². The van der Waals surface area contributed by atoms with Crippen LogP contribution < -0.4 is 9.47 Å². The Morgan fingerprint density at radius 1 is 1.15 bits per heavy atom. The van der Waals surface area contributed by atoms with E-state index < -0.39 is 0 Å². The highest BCUT2D eigenvalue weighted by atomic mass is 32.2. The molecule has 0 radical (unpaired) electrons. The van der Waals surface area contributed by atoms with Crippen molar-refractivity contribution in [3.8, 4) is 11.5 Å². The van der Waals surface area contributed by atoms with Crippen molar-refractivity contribution in [3.05, 3.63) is 64.1 Å². The van der Waals surface area contributed by atoms with E-state index in [0.717, 1.165) is 11.1 Å². The van der Waals surface area contributed by atoms with Crippen molar-refractivity contribution in [3.63, 3.8) is 0 Å². The standard InChI is InChI=1S/C21H21NO3S2/c1-4-24-18-11-15(12-19-20(23)22(3)21(26)27-19)9-10-17(18)25-13-16-8-6-5-7-14(16)2/h5-12H,4,13H2,1-3H3. The third-order valence-corrected chi connectivity index (χ3v) is 5.68. The number of benzene rings is 2. The molecule has 0 N–H and O–H groups in total. The van der Waals surface area contributed by atoms with Crippen molar-refractivity contribution in [1.82, 2.24) is 4.90 Å². The van der Waals surface area contributed by atoms with Crippen LogP contribution in [-0.4, -0.2) is 28.8 Å². The van der Waals surface area contributed by atoms with Crippen molar-refractivity contribution >= 4 is 40.3 Å².